The molecule has 1 heterocycles. The second-order valence-corrected chi connectivity index (χ2v) is 3.06. The number of imide groups is 1. The van der Waals surface area contributed by atoms with Gasteiger partial charge in [-0.25, -0.2) is 0 Å². The molecule has 4 heteroatoms. The van der Waals surface area contributed by atoms with Crippen molar-refractivity contribution in [3.8, 4) is 6.07 Å². The number of hydrogen-bond acceptors (Lipinski definition) is 3. The smallest absolute Gasteiger partial charge is 0.230 e. The maximum atomic E-state index is 11.3. The first-order valence-corrected chi connectivity index (χ1v) is 4.45. The predicted molar refractivity (Wildman–Crippen MR) is 45.4 cm³/mol. The number of likely N-dealkylation sites (tertiary alicyclic amines) is 1. The van der Waals surface area contributed by atoms with Crippen molar-refractivity contribution in [3.05, 3.63) is 0 Å². The van der Waals surface area contributed by atoms with E-state index in [2.05, 4.69) is 0 Å². The SMILES string of the molecule is CCC(C#N)N1C(=O)CCCC1=O. The Balaban J connectivity index is 2.80. The van der Waals surface area contributed by atoms with Crippen LogP contribution in [0.2, 0.25) is 0 Å². The molecule has 0 radical (unpaired) electrons. The average Bonchev–Trinajstić information content (AvgIpc) is 2.11. The summed E-state index contributed by atoms with van der Waals surface area (Å²) in [4.78, 5) is 23.8. The van der Waals surface area contributed by atoms with Crippen LogP contribution < -0.4 is 0 Å². The summed E-state index contributed by atoms with van der Waals surface area (Å²) in [7, 11) is 0. The van der Waals surface area contributed by atoms with Crippen molar-refractivity contribution in [2.45, 2.75) is 38.6 Å². The number of nitriles is 1. The van der Waals surface area contributed by atoms with Crippen LogP contribution in [-0.2, 0) is 9.59 Å². The largest absolute Gasteiger partial charge is 0.274 e. The van der Waals surface area contributed by atoms with Crippen LogP contribution in [0.3, 0.4) is 0 Å². The summed E-state index contributed by atoms with van der Waals surface area (Å²) >= 11 is 0. The van der Waals surface area contributed by atoms with Gasteiger partial charge in [0.05, 0.1) is 6.07 Å². The molecule has 1 saturated heterocycles. The number of rotatable bonds is 2. The number of amides is 2. The Labute approximate surface area is 77.1 Å². The molecule has 1 aliphatic rings. The Morgan fingerprint density at radius 3 is 2.38 bits per heavy atom. The fraction of sp³-hybridized carbons (Fsp3) is 0.667. The summed E-state index contributed by atoms with van der Waals surface area (Å²) in [5.41, 5.74) is 0. The summed E-state index contributed by atoms with van der Waals surface area (Å²) in [5, 5.41) is 8.72. The highest BCUT2D eigenvalue weighted by molar-refractivity contribution is 5.98. The van der Waals surface area contributed by atoms with Crippen LogP contribution in [0, 0.1) is 11.3 Å². The fourth-order valence-electron chi connectivity index (χ4n) is 1.45. The molecule has 1 atom stereocenters. The molecule has 1 unspecified atom stereocenters. The van der Waals surface area contributed by atoms with Gasteiger partial charge >= 0.3 is 0 Å². The van der Waals surface area contributed by atoms with Crippen molar-refractivity contribution in [1.82, 2.24) is 4.90 Å². The molecule has 2 amide bonds. The topological polar surface area (TPSA) is 61.2 Å². The molecule has 0 aromatic carbocycles. The van der Waals surface area contributed by atoms with Crippen LogP contribution in [0.25, 0.3) is 0 Å². The van der Waals surface area contributed by atoms with Gasteiger partial charge in [0.25, 0.3) is 0 Å². The van der Waals surface area contributed by atoms with E-state index in [1.165, 1.54) is 0 Å². The Hall–Kier alpha value is -1.37. The van der Waals surface area contributed by atoms with Crippen LogP contribution in [0.1, 0.15) is 32.6 Å². The van der Waals surface area contributed by atoms with E-state index in [4.69, 9.17) is 5.26 Å². The fourth-order valence-corrected chi connectivity index (χ4v) is 1.45. The number of hydrogen-bond donors (Lipinski definition) is 0. The molecule has 0 N–H and O–H groups in total. The van der Waals surface area contributed by atoms with Gasteiger partial charge in [-0.15, -0.1) is 0 Å². The maximum absolute atomic E-state index is 11.3. The van der Waals surface area contributed by atoms with E-state index in [9.17, 15) is 9.59 Å². The van der Waals surface area contributed by atoms with Gasteiger partial charge in [-0.2, -0.15) is 5.26 Å². The quantitative estimate of drug-likeness (QED) is 0.591. The van der Waals surface area contributed by atoms with Gasteiger partial charge in [-0.3, -0.25) is 14.5 Å². The molecule has 0 saturated carbocycles. The van der Waals surface area contributed by atoms with Crippen molar-refractivity contribution in [3.63, 3.8) is 0 Å². The summed E-state index contributed by atoms with van der Waals surface area (Å²) in [6.07, 6.45) is 1.91. The van der Waals surface area contributed by atoms with Crippen LogP contribution in [0.4, 0.5) is 0 Å². The Morgan fingerprint density at radius 2 is 2.00 bits per heavy atom. The van der Waals surface area contributed by atoms with E-state index in [1.807, 2.05) is 6.07 Å². The molecule has 0 aliphatic carbocycles. The van der Waals surface area contributed by atoms with Crippen molar-refractivity contribution < 1.29 is 9.59 Å². The molecule has 0 aromatic rings. The van der Waals surface area contributed by atoms with Gasteiger partial charge in [0.1, 0.15) is 6.04 Å². The first kappa shape index (κ1) is 9.72. The van der Waals surface area contributed by atoms with Gasteiger partial charge in [0, 0.05) is 12.8 Å². The first-order valence-electron chi connectivity index (χ1n) is 4.45. The molecule has 1 fully saturated rings. The minimum atomic E-state index is -0.569. The Kier molecular flexibility index (Phi) is 3.02. The zero-order valence-electron chi connectivity index (χ0n) is 7.62. The lowest BCUT2D eigenvalue weighted by Crippen LogP contribution is -2.46. The zero-order valence-corrected chi connectivity index (χ0v) is 7.62. The predicted octanol–water partition coefficient (Wildman–Crippen LogP) is 0.828. The van der Waals surface area contributed by atoms with Crippen LogP contribution in [0.5, 0.6) is 0 Å². The minimum absolute atomic E-state index is 0.204. The normalized spacial score (nSPS) is 19.8. The number of carbonyl (C=O) groups excluding carboxylic acids is 2. The molecule has 1 aliphatic heterocycles. The van der Waals surface area contributed by atoms with Crippen molar-refractivity contribution in [1.29, 1.82) is 5.26 Å². The van der Waals surface area contributed by atoms with Crippen molar-refractivity contribution >= 4 is 11.8 Å². The number of nitrogens with zero attached hydrogens (tertiary/aromatic N) is 2. The summed E-state index contributed by atoms with van der Waals surface area (Å²) in [6, 6.07) is 1.40. The first-order chi connectivity index (χ1) is 6.20. The second kappa shape index (κ2) is 4.04. The van der Waals surface area contributed by atoms with E-state index in [1.54, 1.807) is 6.92 Å². The highest BCUT2D eigenvalue weighted by atomic mass is 16.2. The molecule has 0 bridgehead atoms. The lowest BCUT2D eigenvalue weighted by molar-refractivity contribution is -0.149. The molecular formula is C9H12N2O2. The molecule has 1 rings (SSSR count). The van der Waals surface area contributed by atoms with Crippen molar-refractivity contribution in [2.75, 3.05) is 0 Å². The zero-order chi connectivity index (χ0) is 9.84. The van der Waals surface area contributed by atoms with Crippen LogP contribution in [-0.4, -0.2) is 22.8 Å². The lowest BCUT2D eigenvalue weighted by atomic mass is 10.1. The third-order valence-electron chi connectivity index (χ3n) is 2.17. The van der Waals surface area contributed by atoms with E-state index < -0.39 is 6.04 Å². The van der Waals surface area contributed by atoms with E-state index >= 15 is 0 Å². The van der Waals surface area contributed by atoms with Crippen molar-refractivity contribution in [2.24, 2.45) is 0 Å². The van der Waals surface area contributed by atoms with E-state index in [0.717, 1.165) is 4.90 Å². The highest BCUT2D eigenvalue weighted by Crippen LogP contribution is 2.16. The molecule has 4 nitrogen and oxygen atoms in total. The summed E-state index contributed by atoms with van der Waals surface area (Å²) in [5.74, 6) is -0.408. The molecular weight excluding hydrogens is 168 g/mol. The summed E-state index contributed by atoms with van der Waals surface area (Å²) in [6.45, 7) is 1.79. The average molecular weight is 180 g/mol. The molecule has 70 valence electrons. The van der Waals surface area contributed by atoms with Gasteiger partial charge in [-0.05, 0) is 12.8 Å². The Bertz CT molecular complexity index is 251. The third-order valence-corrected chi connectivity index (χ3v) is 2.17. The third kappa shape index (κ3) is 1.86. The molecule has 13 heavy (non-hydrogen) atoms. The standard InChI is InChI=1S/C9H12N2O2/c1-2-7(6-10)11-8(12)4-3-5-9(11)13/h7H,2-5H2,1H3. The van der Waals surface area contributed by atoms with Crippen LogP contribution >= 0.6 is 0 Å². The van der Waals surface area contributed by atoms with Gasteiger partial charge in [0.2, 0.25) is 11.8 Å². The number of piperidine rings is 1. The highest BCUT2D eigenvalue weighted by Gasteiger charge is 2.31. The van der Waals surface area contributed by atoms with E-state index in [0.29, 0.717) is 25.7 Å². The minimum Gasteiger partial charge on any atom is -0.274 e. The van der Waals surface area contributed by atoms with E-state index in [-0.39, 0.29) is 11.8 Å². The van der Waals surface area contributed by atoms with Crippen LogP contribution in [0.15, 0.2) is 0 Å². The molecule has 0 aromatic heterocycles. The van der Waals surface area contributed by atoms with Gasteiger partial charge < -0.3 is 0 Å². The lowest BCUT2D eigenvalue weighted by Gasteiger charge is -2.27. The molecule has 0 spiro atoms. The Morgan fingerprint density at radius 1 is 1.46 bits per heavy atom. The number of carbonyl (C=O) groups is 2. The van der Waals surface area contributed by atoms with Gasteiger partial charge in [-0.1, -0.05) is 6.92 Å². The summed E-state index contributed by atoms with van der Waals surface area (Å²) < 4.78 is 0. The maximum Gasteiger partial charge on any atom is 0.230 e. The second-order valence-electron chi connectivity index (χ2n) is 3.06. The monoisotopic (exact) mass is 180 g/mol. The van der Waals surface area contributed by atoms with Gasteiger partial charge in [0.15, 0.2) is 0 Å².